The van der Waals surface area contributed by atoms with E-state index in [1.165, 1.54) is 44.9 Å². The molecule has 1 heteroatoms. The van der Waals surface area contributed by atoms with Gasteiger partial charge in [0.1, 0.15) is 0 Å². The van der Waals surface area contributed by atoms with Gasteiger partial charge < -0.3 is 5.11 Å². The Morgan fingerprint density at radius 3 is 2.50 bits per heavy atom. The molecule has 4 atom stereocenters. The first-order chi connectivity index (χ1) is 6.83. The first-order valence-electron chi connectivity index (χ1n) is 6.51. The van der Waals surface area contributed by atoms with Gasteiger partial charge >= 0.3 is 0 Å². The lowest BCUT2D eigenvalue weighted by Crippen LogP contribution is -2.25. The quantitative estimate of drug-likeness (QED) is 0.729. The normalized spacial score (nSPS) is 43.1. The van der Waals surface area contributed by atoms with E-state index >= 15 is 0 Å². The van der Waals surface area contributed by atoms with Gasteiger partial charge in [-0.25, -0.2) is 0 Å². The lowest BCUT2D eigenvalue weighted by atomic mass is 9.83. The second-order valence-corrected chi connectivity index (χ2v) is 5.93. The molecule has 0 aromatic heterocycles. The van der Waals surface area contributed by atoms with E-state index in [1.54, 1.807) is 0 Å². The molecule has 0 aromatic rings. The highest BCUT2D eigenvalue weighted by molar-refractivity contribution is 4.93. The predicted molar refractivity (Wildman–Crippen MR) is 56.9 cm³/mol. The van der Waals surface area contributed by atoms with E-state index in [9.17, 15) is 5.11 Å². The molecule has 1 N–H and O–H groups in total. The number of aliphatic hydroxyl groups excluding tert-OH is 1. The fraction of sp³-hybridized carbons (Fsp3) is 1.00. The Morgan fingerprint density at radius 1 is 1.07 bits per heavy atom. The summed E-state index contributed by atoms with van der Waals surface area (Å²) >= 11 is 0. The average molecular weight is 194 g/mol. The van der Waals surface area contributed by atoms with Crippen LogP contribution in [0.2, 0.25) is 0 Å². The van der Waals surface area contributed by atoms with Crippen LogP contribution in [0.1, 0.15) is 51.4 Å². The van der Waals surface area contributed by atoms with Crippen LogP contribution in [-0.2, 0) is 0 Å². The molecule has 3 saturated carbocycles. The van der Waals surface area contributed by atoms with Crippen LogP contribution in [0.5, 0.6) is 0 Å². The number of hydrogen-bond donors (Lipinski definition) is 1. The van der Waals surface area contributed by atoms with E-state index in [2.05, 4.69) is 0 Å². The minimum Gasteiger partial charge on any atom is -0.393 e. The summed E-state index contributed by atoms with van der Waals surface area (Å²) in [5.74, 6) is 3.56. The molecule has 0 amide bonds. The van der Waals surface area contributed by atoms with Crippen LogP contribution in [0.15, 0.2) is 0 Å². The standard InChI is InChI=1S/C13H22O/c14-13(6-4-9-1-2-9)12-8-10-3-5-11(12)7-10/h9-14H,1-8H2. The molecule has 0 spiro atoms. The zero-order chi connectivity index (χ0) is 9.54. The second kappa shape index (κ2) is 3.52. The number of hydrogen-bond acceptors (Lipinski definition) is 1. The van der Waals surface area contributed by atoms with Crippen molar-refractivity contribution >= 4 is 0 Å². The highest BCUT2D eigenvalue weighted by Gasteiger charge is 2.42. The van der Waals surface area contributed by atoms with E-state index in [0.717, 1.165) is 24.2 Å². The summed E-state index contributed by atoms with van der Waals surface area (Å²) in [5.41, 5.74) is 0. The second-order valence-electron chi connectivity index (χ2n) is 5.93. The summed E-state index contributed by atoms with van der Waals surface area (Å²) in [6, 6.07) is 0. The molecule has 0 aliphatic heterocycles. The number of rotatable bonds is 4. The topological polar surface area (TPSA) is 20.2 Å². The predicted octanol–water partition coefficient (Wildman–Crippen LogP) is 2.97. The summed E-state index contributed by atoms with van der Waals surface area (Å²) in [7, 11) is 0. The van der Waals surface area contributed by atoms with Crippen LogP contribution in [0.25, 0.3) is 0 Å². The van der Waals surface area contributed by atoms with Gasteiger partial charge in [0.15, 0.2) is 0 Å². The third kappa shape index (κ3) is 1.71. The molecule has 0 heterocycles. The minimum absolute atomic E-state index is 0.0471. The molecular formula is C13H22O. The van der Waals surface area contributed by atoms with Gasteiger partial charge in [0.2, 0.25) is 0 Å². The van der Waals surface area contributed by atoms with Crippen molar-refractivity contribution in [3.05, 3.63) is 0 Å². The third-order valence-corrected chi connectivity index (χ3v) is 4.85. The molecule has 2 bridgehead atoms. The Bertz CT molecular complexity index is 209. The lowest BCUT2D eigenvalue weighted by Gasteiger charge is -2.26. The van der Waals surface area contributed by atoms with Crippen LogP contribution in [0.4, 0.5) is 0 Å². The zero-order valence-corrected chi connectivity index (χ0v) is 8.99. The molecule has 80 valence electrons. The fourth-order valence-corrected chi connectivity index (χ4v) is 3.79. The molecule has 3 aliphatic carbocycles. The van der Waals surface area contributed by atoms with Gasteiger partial charge in [-0.05, 0) is 55.8 Å². The Hall–Kier alpha value is -0.0400. The molecule has 3 aliphatic rings. The van der Waals surface area contributed by atoms with Crippen molar-refractivity contribution in [1.29, 1.82) is 0 Å². The maximum absolute atomic E-state index is 10.1. The van der Waals surface area contributed by atoms with Crippen molar-refractivity contribution in [2.75, 3.05) is 0 Å². The van der Waals surface area contributed by atoms with E-state index in [-0.39, 0.29) is 6.10 Å². The average Bonchev–Trinajstić information content (AvgIpc) is 2.79. The number of aliphatic hydroxyl groups is 1. The summed E-state index contributed by atoms with van der Waals surface area (Å²) in [5, 5.41) is 10.1. The molecular weight excluding hydrogens is 172 g/mol. The molecule has 0 saturated heterocycles. The van der Waals surface area contributed by atoms with Crippen molar-refractivity contribution in [3.63, 3.8) is 0 Å². The van der Waals surface area contributed by atoms with Crippen LogP contribution in [-0.4, -0.2) is 11.2 Å². The van der Waals surface area contributed by atoms with Crippen LogP contribution in [0, 0.1) is 23.7 Å². The van der Waals surface area contributed by atoms with Crippen LogP contribution >= 0.6 is 0 Å². The summed E-state index contributed by atoms with van der Waals surface area (Å²) < 4.78 is 0. The van der Waals surface area contributed by atoms with E-state index in [4.69, 9.17) is 0 Å². The minimum atomic E-state index is 0.0471. The fourth-order valence-electron chi connectivity index (χ4n) is 3.79. The first kappa shape index (κ1) is 9.21. The SMILES string of the molecule is OC(CCC1CC1)C1CC2CCC1C2. The van der Waals surface area contributed by atoms with E-state index in [0.29, 0.717) is 5.92 Å². The Kier molecular flexibility index (Phi) is 2.31. The maximum Gasteiger partial charge on any atom is 0.0571 e. The Labute approximate surface area is 86.9 Å². The lowest BCUT2D eigenvalue weighted by molar-refractivity contribution is 0.0645. The van der Waals surface area contributed by atoms with Crippen molar-refractivity contribution in [2.45, 2.75) is 57.5 Å². The van der Waals surface area contributed by atoms with Gasteiger partial charge in [0, 0.05) is 0 Å². The van der Waals surface area contributed by atoms with Gasteiger partial charge in [0.25, 0.3) is 0 Å². The molecule has 1 nitrogen and oxygen atoms in total. The van der Waals surface area contributed by atoms with Gasteiger partial charge in [-0.1, -0.05) is 19.3 Å². The zero-order valence-electron chi connectivity index (χ0n) is 8.99. The molecule has 14 heavy (non-hydrogen) atoms. The summed E-state index contributed by atoms with van der Waals surface area (Å²) in [6.45, 7) is 0. The van der Waals surface area contributed by atoms with Crippen molar-refractivity contribution in [2.24, 2.45) is 23.7 Å². The van der Waals surface area contributed by atoms with Crippen LogP contribution in [0.3, 0.4) is 0 Å². The maximum atomic E-state index is 10.1. The molecule has 0 radical (unpaired) electrons. The van der Waals surface area contributed by atoms with Crippen molar-refractivity contribution < 1.29 is 5.11 Å². The molecule has 3 fully saturated rings. The van der Waals surface area contributed by atoms with Crippen molar-refractivity contribution in [3.8, 4) is 0 Å². The summed E-state index contributed by atoms with van der Waals surface area (Å²) in [6.07, 6.45) is 11.0. The monoisotopic (exact) mass is 194 g/mol. The highest BCUT2D eigenvalue weighted by atomic mass is 16.3. The molecule has 4 unspecified atom stereocenters. The molecule has 0 aromatic carbocycles. The Balaban J connectivity index is 1.49. The third-order valence-electron chi connectivity index (χ3n) is 4.85. The molecule has 3 rings (SSSR count). The highest BCUT2D eigenvalue weighted by Crippen LogP contribution is 2.50. The number of fused-ring (bicyclic) bond motifs is 2. The van der Waals surface area contributed by atoms with Crippen LogP contribution < -0.4 is 0 Å². The van der Waals surface area contributed by atoms with Crippen molar-refractivity contribution in [1.82, 2.24) is 0 Å². The Morgan fingerprint density at radius 2 is 1.93 bits per heavy atom. The van der Waals surface area contributed by atoms with Gasteiger partial charge in [-0.15, -0.1) is 0 Å². The smallest absolute Gasteiger partial charge is 0.0571 e. The largest absolute Gasteiger partial charge is 0.393 e. The first-order valence-corrected chi connectivity index (χ1v) is 6.51. The van der Waals surface area contributed by atoms with E-state index < -0.39 is 0 Å². The van der Waals surface area contributed by atoms with Gasteiger partial charge in [-0.2, -0.15) is 0 Å². The van der Waals surface area contributed by atoms with E-state index in [1.807, 2.05) is 0 Å². The summed E-state index contributed by atoms with van der Waals surface area (Å²) in [4.78, 5) is 0. The van der Waals surface area contributed by atoms with Gasteiger partial charge in [0.05, 0.1) is 6.10 Å². The van der Waals surface area contributed by atoms with Gasteiger partial charge in [-0.3, -0.25) is 0 Å².